The van der Waals surface area contributed by atoms with Crippen LogP contribution in [0.4, 0.5) is 10.5 Å². The zero-order chi connectivity index (χ0) is 23.3. The number of urea groups is 1. The van der Waals surface area contributed by atoms with Crippen LogP contribution in [0.1, 0.15) is 65.9 Å². The Bertz CT molecular complexity index is 846. The van der Waals surface area contributed by atoms with Gasteiger partial charge in [-0.25, -0.2) is 4.79 Å². The number of para-hydroxylation sites is 1. The maximum Gasteiger partial charge on any atom is 0.321 e. The number of benzene rings is 1. The van der Waals surface area contributed by atoms with E-state index in [2.05, 4.69) is 24.5 Å². The van der Waals surface area contributed by atoms with Gasteiger partial charge in [0.1, 0.15) is 0 Å². The van der Waals surface area contributed by atoms with Crippen LogP contribution >= 0.6 is 0 Å². The summed E-state index contributed by atoms with van der Waals surface area (Å²) >= 11 is 0. The summed E-state index contributed by atoms with van der Waals surface area (Å²) in [6, 6.07) is 7.03. The summed E-state index contributed by atoms with van der Waals surface area (Å²) in [7, 11) is 0. The van der Waals surface area contributed by atoms with E-state index in [1.807, 2.05) is 24.3 Å². The number of hydrogen-bond donors (Lipinski definition) is 2. The molecule has 2 N–H and O–H groups in total. The number of imide groups is 1. The Labute approximate surface area is 183 Å². The Morgan fingerprint density at radius 2 is 1.84 bits per heavy atom. The summed E-state index contributed by atoms with van der Waals surface area (Å²) < 4.78 is 5.25. The van der Waals surface area contributed by atoms with Gasteiger partial charge >= 0.3 is 12.0 Å². The number of rotatable bonds is 6. The predicted molar refractivity (Wildman–Crippen MR) is 118 cm³/mol. The highest BCUT2D eigenvalue weighted by molar-refractivity contribution is 6.01. The summed E-state index contributed by atoms with van der Waals surface area (Å²) in [5.41, 5.74) is 1.36. The minimum atomic E-state index is -1.16. The zero-order valence-electron chi connectivity index (χ0n) is 19.2. The Morgan fingerprint density at radius 3 is 2.45 bits per heavy atom. The fourth-order valence-corrected chi connectivity index (χ4v) is 3.38. The lowest BCUT2D eigenvalue weighted by atomic mass is 9.96. The molecule has 0 saturated carbocycles. The van der Waals surface area contributed by atoms with E-state index < -0.39 is 35.5 Å². The van der Waals surface area contributed by atoms with Gasteiger partial charge in [0.15, 0.2) is 6.10 Å². The fraction of sp³-hybridized carbons (Fsp3) is 0.565. The molecule has 0 aromatic heterocycles. The van der Waals surface area contributed by atoms with Crippen LogP contribution in [0, 0.1) is 5.92 Å². The number of nitrogens with zero attached hydrogens (tertiary/aromatic N) is 1. The number of esters is 1. The molecule has 3 atom stereocenters. The molecule has 170 valence electrons. The van der Waals surface area contributed by atoms with Gasteiger partial charge in [0.05, 0.1) is 5.92 Å². The molecule has 0 spiro atoms. The molecule has 1 aromatic carbocycles. The first kappa shape index (κ1) is 24.4. The van der Waals surface area contributed by atoms with Crippen molar-refractivity contribution < 1.29 is 23.9 Å². The van der Waals surface area contributed by atoms with Crippen LogP contribution in [-0.4, -0.2) is 42.0 Å². The number of carbonyl (C=O) groups excluding carboxylic acids is 4. The second-order valence-electron chi connectivity index (χ2n) is 9.05. The third kappa shape index (κ3) is 6.54. The number of amides is 4. The molecule has 1 saturated heterocycles. The second kappa shape index (κ2) is 9.94. The molecule has 2 rings (SSSR count). The van der Waals surface area contributed by atoms with Gasteiger partial charge in [-0.2, -0.15) is 0 Å². The topological polar surface area (TPSA) is 105 Å². The van der Waals surface area contributed by atoms with Gasteiger partial charge in [0, 0.05) is 24.2 Å². The molecule has 0 bridgehead atoms. The van der Waals surface area contributed by atoms with Crippen molar-refractivity contribution in [1.82, 2.24) is 10.6 Å². The van der Waals surface area contributed by atoms with Crippen LogP contribution in [0.3, 0.4) is 0 Å². The molecule has 31 heavy (non-hydrogen) atoms. The van der Waals surface area contributed by atoms with E-state index in [4.69, 9.17) is 4.74 Å². The Hall–Kier alpha value is -2.90. The van der Waals surface area contributed by atoms with Gasteiger partial charge in [-0.3, -0.25) is 19.7 Å². The highest BCUT2D eigenvalue weighted by atomic mass is 16.5. The molecule has 1 fully saturated rings. The quantitative estimate of drug-likeness (QED) is 0.674. The van der Waals surface area contributed by atoms with Crippen molar-refractivity contribution in [2.45, 2.75) is 71.9 Å². The van der Waals surface area contributed by atoms with Crippen molar-refractivity contribution in [1.29, 1.82) is 0 Å². The molecular formula is C23H33N3O5. The number of hydrogen-bond acceptors (Lipinski definition) is 5. The summed E-state index contributed by atoms with van der Waals surface area (Å²) in [6.07, 6.45) is -0.207. The summed E-state index contributed by atoms with van der Waals surface area (Å²) in [4.78, 5) is 50.8. The third-order valence-electron chi connectivity index (χ3n) is 5.22. The number of carbonyl (C=O) groups is 4. The normalized spacial score (nSPS) is 18.3. The molecule has 0 radical (unpaired) electrons. The first-order chi connectivity index (χ1) is 14.4. The van der Waals surface area contributed by atoms with Crippen LogP contribution in [0.15, 0.2) is 24.3 Å². The van der Waals surface area contributed by atoms with Gasteiger partial charge in [-0.1, -0.05) is 32.0 Å². The Kier molecular flexibility index (Phi) is 7.81. The SMILES string of the molecule is CC[C@H](C)c1ccccc1N1C[C@@H](C(=O)O[C@@H](C)C(=O)NC(=O)NC(C)(C)C)CC1=O. The van der Waals surface area contributed by atoms with Gasteiger partial charge in [0.2, 0.25) is 5.91 Å². The lowest BCUT2D eigenvalue weighted by Crippen LogP contribution is -2.50. The highest BCUT2D eigenvalue weighted by Gasteiger charge is 2.38. The van der Waals surface area contributed by atoms with Gasteiger partial charge in [-0.15, -0.1) is 0 Å². The van der Waals surface area contributed by atoms with Crippen molar-refractivity contribution in [3.8, 4) is 0 Å². The molecule has 8 heteroatoms. The van der Waals surface area contributed by atoms with Crippen LogP contribution in [0.25, 0.3) is 0 Å². The third-order valence-corrected chi connectivity index (χ3v) is 5.22. The van der Waals surface area contributed by atoms with Crippen molar-refractivity contribution in [2.24, 2.45) is 5.92 Å². The monoisotopic (exact) mass is 431 g/mol. The largest absolute Gasteiger partial charge is 0.452 e. The van der Waals surface area contributed by atoms with E-state index in [1.165, 1.54) is 6.92 Å². The number of ether oxygens (including phenoxy) is 1. The molecular weight excluding hydrogens is 398 g/mol. The lowest BCUT2D eigenvalue weighted by molar-refractivity contribution is -0.158. The standard InChI is InChI=1S/C23H33N3O5/c1-7-14(2)17-10-8-9-11-18(17)26-13-16(12-19(26)27)21(29)31-15(3)20(28)24-22(30)25-23(4,5)6/h8-11,14-16H,7,12-13H2,1-6H3,(H2,24,25,28,30)/t14-,15-,16-/m0/s1. The average molecular weight is 432 g/mol. The minimum Gasteiger partial charge on any atom is -0.452 e. The number of anilines is 1. The molecule has 1 heterocycles. The summed E-state index contributed by atoms with van der Waals surface area (Å²) in [6.45, 7) is 11.1. The van der Waals surface area contributed by atoms with E-state index in [0.717, 1.165) is 17.7 Å². The van der Waals surface area contributed by atoms with Gasteiger partial charge in [-0.05, 0) is 51.7 Å². The smallest absolute Gasteiger partial charge is 0.321 e. The molecule has 0 unspecified atom stereocenters. The Balaban J connectivity index is 2.00. The highest BCUT2D eigenvalue weighted by Crippen LogP contribution is 2.33. The van der Waals surface area contributed by atoms with Crippen molar-refractivity contribution in [3.63, 3.8) is 0 Å². The fourth-order valence-electron chi connectivity index (χ4n) is 3.38. The van der Waals surface area contributed by atoms with E-state index in [-0.39, 0.29) is 24.8 Å². The van der Waals surface area contributed by atoms with Crippen LogP contribution in [0.2, 0.25) is 0 Å². The van der Waals surface area contributed by atoms with Crippen LogP contribution in [-0.2, 0) is 19.1 Å². The van der Waals surface area contributed by atoms with E-state index >= 15 is 0 Å². The molecule has 1 aliphatic rings. The minimum absolute atomic E-state index is 0.0204. The van der Waals surface area contributed by atoms with Crippen LogP contribution < -0.4 is 15.5 Å². The van der Waals surface area contributed by atoms with Crippen molar-refractivity contribution >= 4 is 29.5 Å². The molecule has 1 aromatic rings. The molecule has 0 aliphatic carbocycles. The van der Waals surface area contributed by atoms with E-state index in [1.54, 1.807) is 25.7 Å². The van der Waals surface area contributed by atoms with Crippen LogP contribution in [0.5, 0.6) is 0 Å². The van der Waals surface area contributed by atoms with E-state index in [9.17, 15) is 19.2 Å². The molecule has 1 aliphatic heterocycles. The van der Waals surface area contributed by atoms with Crippen molar-refractivity contribution in [3.05, 3.63) is 29.8 Å². The maximum absolute atomic E-state index is 12.6. The average Bonchev–Trinajstić information content (AvgIpc) is 3.07. The Morgan fingerprint density at radius 1 is 1.19 bits per heavy atom. The number of nitrogens with one attached hydrogen (secondary N) is 2. The van der Waals surface area contributed by atoms with Gasteiger partial charge < -0.3 is 15.0 Å². The lowest BCUT2D eigenvalue weighted by Gasteiger charge is -2.23. The molecule has 4 amide bonds. The zero-order valence-corrected chi connectivity index (χ0v) is 19.2. The van der Waals surface area contributed by atoms with E-state index in [0.29, 0.717) is 0 Å². The van der Waals surface area contributed by atoms with Gasteiger partial charge in [0.25, 0.3) is 5.91 Å². The summed E-state index contributed by atoms with van der Waals surface area (Å²) in [5.74, 6) is -1.90. The first-order valence-electron chi connectivity index (χ1n) is 10.7. The molecule has 8 nitrogen and oxygen atoms in total. The van der Waals surface area contributed by atoms with Crippen molar-refractivity contribution in [2.75, 3.05) is 11.4 Å². The predicted octanol–water partition coefficient (Wildman–Crippen LogP) is 3.11. The maximum atomic E-state index is 12.6. The summed E-state index contributed by atoms with van der Waals surface area (Å²) in [5, 5.41) is 4.76. The second-order valence-corrected chi connectivity index (χ2v) is 9.05. The first-order valence-corrected chi connectivity index (χ1v) is 10.7.